The van der Waals surface area contributed by atoms with Gasteiger partial charge in [-0.3, -0.25) is 19.4 Å². The number of fused-ring (bicyclic) bond motifs is 1. The van der Waals surface area contributed by atoms with Gasteiger partial charge in [-0.15, -0.1) is 11.3 Å². The number of benzene rings is 1. The molecule has 2 aliphatic rings. The van der Waals surface area contributed by atoms with Gasteiger partial charge in [0.15, 0.2) is 5.78 Å². The van der Waals surface area contributed by atoms with Crippen molar-refractivity contribution in [1.29, 1.82) is 0 Å². The Morgan fingerprint density at radius 2 is 1.94 bits per heavy atom. The molecule has 182 valence electrons. The number of ether oxygens (including phenoxy) is 1. The fourth-order valence-corrected chi connectivity index (χ4v) is 6.24. The van der Waals surface area contributed by atoms with E-state index in [-0.39, 0.29) is 17.1 Å². The molecule has 1 aromatic carbocycles. The van der Waals surface area contributed by atoms with Crippen LogP contribution >= 0.6 is 11.3 Å². The Morgan fingerprint density at radius 1 is 1.14 bits per heavy atom. The van der Waals surface area contributed by atoms with Crippen LogP contribution in [0.25, 0.3) is 22.4 Å². The van der Waals surface area contributed by atoms with E-state index in [0.717, 1.165) is 57.3 Å². The zero-order valence-corrected chi connectivity index (χ0v) is 21.0. The third kappa shape index (κ3) is 4.74. The first kappa shape index (κ1) is 23.7. The summed E-state index contributed by atoms with van der Waals surface area (Å²) in [5, 5.41) is 1.13. The smallest absolute Gasteiger partial charge is 0.274 e. The molecule has 3 heterocycles. The highest BCUT2D eigenvalue weighted by atomic mass is 32.1. The van der Waals surface area contributed by atoms with Crippen LogP contribution in [-0.2, 0) is 16.0 Å². The number of carbonyl (C=O) groups excluding carboxylic acids is 2. The van der Waals surface area contributed by atoms with Crippen molar-refractivity contribution in [2.75, 3.05) is 38.3 Å². The lowest BCUT2D eigenvalue weighted by Crippen LogP contribution is -2.36. The average molecular weight is 492 g/mol. The number of morpholine rings is 1. The Morgan fingerprint density at radius 3 is 2.71 bits per heavy atom. The van der Waals surface area contributed by atoms with Crippen LogP contribution < -0.4 is 10.4 Å². The van der Waals surface area contributed by atoms with Crippen molar-refractivity contribution in [3.05, 3.63) is 58.6 Å². The molecule has 0 spiro atoms. The van der Waals surface area contributed by atoms with Crippen molar-refractivity contribution in [3.63, 3.8) is 0 Å². The molecule has 0 saturated carbocycles. The van der Waals surface area contributed by atoms with Crippen LogP contribution in [0.2, 0.25) is 0 Å². The van der Waals surface area contributed by atoms with Gasteiger partial charge in [0, 0.05) is 42.4 Å². The van der Waals surface area contributed by atoms with Gasteiger partial charge >= 0.3 is 0 Å². The third-order valence-electron chi connectivity index (χ3n) is 6.50. The van der Waals surface area contributed by atoms with Crippen LogP contribution in [-0.4, -0.2) is 50.1 Å². The van der Waals surface area contributed by atoms with Crippen LogP contribution in [0.15, 0.2) is 42.6 Å². The topological polar surface area (TPSA) is 80.8 Å². The molecule has 0 bridgehead atoms. The van der Waals surface area contributed by atoms with Crippen molar-refractivity contribution < 1.29 is 19.2 Å². The number of nitrogens with one attached hydrogen (secondary N) is 1. The first-order valence-electron chi connectivity index (χ1n) is 11.8. The molecule has 1 aliphatic heterocycles. The summed E-state index contributed by atoms with van der Waals surface area (Å²) in [7, 11) is 1.41. The van der Waals surface area contributed by atoms with Gasteiger partial charge in [-0.05, 0) is 47.2 Å². The highest BCUT2D eigenvalue weighted by molar-refractivity contribution is 7.19. The molecule has 35 heavy (non-hydrogen) atoms. The zero-order valence-electron chi connectivity index (χ0n) is 20.2. The number of hydrogen-bond acceptors (Lipinski definition) is 7. The second kappa shape index (κ2) is 9.53. The predicted molar refractivity (Wildman–Crippen MR) is 137 cm³/mol. The Balaban J connectivity index is 1.61. The van der Waals surface area contributed by atoms with Gasteiger partial charge in [-0.1, -0.05) is 26.0 Å². The number of anilines is 1. The summed E-state index contributed by atoms with van der Waals surface area (Å²) in [6, 6.07) is 11.4. The summed E-state index contributed by atoms with van der Waals surface area (Å²) in [6.45, 7) is 7.30. The van der Waals surface area contributed by atoms with Gasteiger partial charge in [0.1, 0.15) is 0 Å². The fourth-order valence-electron chi connectivity index (χ4n) is 4.90. The van der Waals surface area contributed by atoms with Crippen LogP contribution in [0, 0.1) is 5.41 Å². The number of amides is 1. The minimum absolute atomic E-state index is 0.0823. The number of Topliss-reactive ketones (excluding diaryl/α,β-unsaturated/α-hetero) is 1. The molecule has 5 rings (SSSR count). The lowest BCUT2D eigenvalue weighted by molar-refractivity contribution is 0.0537. The molecule has 1 N–H and O–H groups in total. The van der Waals surface area contributed by atoms with Gasteiger partial charge in [-0.25, -0.2) is 5.48 Å². The van der Waals surface area contributed by atoms with Crippen LogP contribution in [0.5, 0.6) is 0 Å². The van der Waals surface area contributed by atoms with Gasteiger partial charge in [0.05, 0.1) is 35.9 Å². The monoisotopic (exact) mass is 491 g/mol. The summed E-state index contributed by atoms with van der Waals surface area (Å²) in [4.78, 5) is 38.0. The molecular formula is C27H29N3O4S. The molecule has 1 aliphatic carbocycles. The number of hydrogen-bond donors (Lipinski definition) is 1. The van der Waals surface area contributed by atoms with Crippen molar-refractivity contribution in [3.8, 4) is 22.4 Å². The van der Waals surface area contributed by atoms with E-state index in [9.17, 15) is 9.59 Å². The van der Waals surface area contributed by atoms with Crippen molar-refractivity contribution in [2.45, 2.75) is 26.7 Å². The van der Waals surface area contributed by atoms with Crippen molar-refractivity contribution >= 4 is 28.0 Å². The maximum Gasteiger partial charge on any atom is 0.274 e. The van der Waals surface area contributed by atoms with Crippen LogP contribution in [0.4, 0.5) is 5.00 Å². The van der Waals surface area contributed by atoms with E-state index < -0.39 is 0 Å². The standard InChI is InChI=1S/C27H29N3O4S/c1-27(2)15-20-23(26(30-9-11-34-12-10-30)35-24(20)22(31)16-27)18-7-8-28-21(14-18)17-5-4-6-19(13-17)25(32)29-33-3/h4-8,13-14H,9-12,15-16H2,1-3H3,(H,29,32). The van der Waals surface area contributed by atoms with Gasteiger partial charge in [0.25, 0.3) is 5.91 Å². The first-order valence-corrected chi connectivity index (χ1v) is 12.6. The molecule has 1 amide bonds. The van der Waals surface area contributed by atoms with E-state index >= 15 is 0 Å². The largest absolute Gasteiger partial charge is 0.378 e. The lowest BCUT2D eigenvalue weighted by atomic mass is 9.75. The average Bonchev–Trinajstić information content (AvgIpc) is 3.23. The first-order chi connectivity index (χ1) is 16.9. The Hall–Kier alpha value is -3.07. The minimum atomic E-state index is -0.312. The number of rotatable bonds is 5. The number of ketones is 1. The summed E-state index contributed by atoms with van der Waals surface area (Å²) < 4.78 is 5.59. The molecular weight excluding hydrogens is 462 g/mol. The second-order valence-corrected chi connectivity index (χ2v) is 10.8. The molecule has 0 unspecified atom stereocenters. The summed E-state index contributed by atoms with van der Waals surface area (Å²) in [6.07, 6.45) is 3.23. The van der Waals surface area contributed by atoms with E-state index in [4.69, 9.17) is 9.57 Å². The lowest BCUT2D eigenvalue weighted by Gasteiger charge is -2.30. The van der Waals surface area contributed by atoms with E-state index in [2.05, 4.69) is 35.3 Å². The van der Waals surface area contributed by atoms with Gasteiger partial charge in [-0.2, -0.15) is 0 Å². The number of carbonyl (C=O) groups is 2. The number of hydroxylamine groups is 1. The molecule has 0 atom stereocenters. The SMILES string of the molecule is CONC(=O)c1cccc(-c2cc(-c3c(N4CCOCC4)sc4c3CC(C)(C)CC4=O)ccn2)c1. The minimum Gasteiger partial charge on any atom is -0.378 e. The fraction of sp³-hybridized carbons (Fsp3) is 0.370. The predicted octanol–water partition coefficient (Wildman–Crippen LogP) is 4.76. The number of pyridine rings is 1. The molecule has 7 nitrogen and oxygen atoms in total. The number of thiophene rings is 1. The van der Waals surface area contributed by atoms with Crippen LogP contribution in [0.1, 0.15) is 45.9 Å². The van der Waals surface area contributed by atoms with Crippen molar-refractivity contribution in [2.24, 2.45) is 5.41 Å². The second-order valence-electron chi connectivity index (χ2n) is 9.78. The summed E-state index contributed by atoms with van der Waals surface area (Å²) in [5.74, 6) is -0.0825. The van der Waals surface area contributed by atoms with E-state index in [1.807, 2.05) is 18.2 Å². The van der Waals surface area contributed by atoms with E-state index in [1.165, 1.54) is 7.11 Å². The summed E-state index contributed by atoms with van der Waals surface area (Å²) >= 11 is 1.62. The van der Waals surface area contributed by atoms with Crippen molar-refractivity contribution in [1.82, 2.24) is 10.5 Å². The Bertz CT molecular complexity index is 1280. The molecule has 8 heteroatoms. The van der Waals surface area contributed by atoms with Gasteiger partial charge < -0.3 is 9.64 Å². The molecule has 2 aromatic heterocycles. The Kier molecular flexibility index (Phi) is 6.44. The highest BCUT2D eigenvalue weighted by Gasteiger charge is 2.37. The van der Waals surface area contributed by atoms with E-state index in [0.29, 0.717) is 25.2 Å². The number of nitrogens with zero attached hydrogens (tertiary/aromatic N) is 2. The zero-order chi connectivity index (χ0) is 24.6. The normalized spacial score (nSPS) is 17.2. The summed E-state index contributed by atoms with van der Waals surface area (Å²) in [5.41, 5.74) is 7.68. The van der Waals surface area contributed by atoms with Gasteiger partial charge in [0.2, 0.25) is 0 Å². The van der Waals surface area contributed by atoms with Crippen LogP contribution in [0.3, 0.4) is 0 Å². The maximum atomic E-state index is 13.1. The molecule has 1 fully saturated rings. The molecule has 3 aromatic rings. The molecule has 1 saturated heterocycles. The number of aromatic nitrogens is 1. The maximum absolute atomic E-state index is 13.1. The quantitative estimate of drug-likeness (QED) is 0.519. The Labute approximate surface area is 209 Å². The van der Waals surface area contributed by atoms with E-state index in [1.54, 1.807) is 29.7 Å². The highest BCUT2D eigenvalue weighted by Crippen LogP contribution is 2.49. The third-order valence-corrected chi connectivity index (χ3v) is 7.83. The molecule has 0 radical (unpaired) electrons.